The Bertz CT molecular complexity index is 574. The van der Waals surface area contributed by atoms with E-state index in [9.17, 15) is 9.59 Å². The second-order valence-corrected chi connectivity index (χ2v) is 7.38. The topological polar surface area (TPSA) is 52.7 Å². The van der Waals surface area contributed by atoms with Crippen molar-refractivity contribution in [3.8, 4) is 0 Å². The highest BCUT2D eigenvalue weighted by Gasteiger charge is 2.13. The maximum atomic E-state index is 12.2. The highest BCUT2D eigenvalue weighted by Crippen LogP contribution is 2.22. The van der Waals surface area contributed by atoms with E-state index in [1.54, 1.807) is 0 Å². The minimum Gasteiger partial charge on any atom is -0.372 e. The van der Waals surface area contributed by atoms with Crippen LogP contribution in [0.15, 0.2) is 24.3 Å². The molecular formula is C22H35N3O2. The Morgan fingerprint density at radius 2 is 1.59 bits per heavy atom. The number of anilines is 2. The van der Waals surface area contributed by atoms with Gasteiger partial charge >= 0.3 is 0 Å². The van der Waals surface area contributed by atoms with E-state index in [0.717, 1.165) is 44.7 Å². The van der Waals surface area contributed by atoms with E-state index in [1.807, 2.05) is 17.0 Å². The maximum absolute atomic E-state index is 12.2. The zero-order valence-corrected chi connectivity index (χ0v) is 17.0. The van der Waals surface area contributed by atoms with Crippen molar-refractivity contribution >= 4 is 23.2 Å². The van der Waals surface area contributed by atoms with Crippen molar-refractivity contribution < 1.29 is 9.59 Å². The molecule has 0 spiro atoms. The van der Waals surface area contributed by atoms with E-state index in [0.29, 0.717) is 19.3 Å². The summed E-state index contributed by atoms with van der Waals surface area (Å²) in [5.74, 6) is 0.142. The van der Waals surface area contributed by atoms with Crippen molar-refractivity contribution in [1.29, 1.82) is 0 Å². The number of nitrogens with zero attached hydrogens (tertiary/aromatic N) is 2. The third-order valence-corrected chi connectivity index (χ3v) is 5.01. The van der Waals surface area contributed by atoms with Crippen molar-refractivity contribution in [2.75, 3.05) is 36.4 Å². The monoisotopic (exact) mass is 373 g/mol. The summed E-state index contributed by atoms with van der Waals surface area (Å²) in [7, 11) is 0. The van der Waals surface area contributed by atoms with Gasteiger partial charge in [-0.15, -0.1) is 0 Å². The number of hydrogen-bond acceptors (Lipinski definition) is 3. The molecular weight excluding hydrogens is 338 g/mol. The first-order chi connectivity index (χ1) is 13.1. The van der Waals surface area contributed by atoms with Gasteiger partial charge in [-0.05, 0) is 62.8 Å². The lowest BCUT2D eigenvalue weighted by atomic mass is 10.1. The van der Waals surface area contributed by atoms with E-state index >= 15 is 0 Å². The molecule has 1 saturated heterocycles. The van der Waals surface area contributed by atoms with Crippen LogP contribution in [0.25, 0.3) is 0 Å². The van der Waals surface area contributed by atoms with Crippen LogP contribution in [0.3, 0.4) is 0 Å². The lowest BCUT2D eigenvalue weighted by Gasteiger charge is -2.28. The third-order valence-electron chi connectivity index (χ3n) is 5.01. The summed E-state index contributed by atoms with van der Waals surface area (Å²) < 4.78 is 0. The van der Waals surface area contributed by atoms with E-state index in [1.165, 1.54) is 24.9 Å². The number of carbonyl (C=O) groups is 2. The standard InChI is InChI=1S/C22H35N3O2/c1-3-15-25(16-4-2)22(27)10-8-9-21(26)23-19-11-13-20(14-12-19)24-17-6-5-7-18-24/h11-14H,3-10,15-18H2,1-2H3,(H,23,26). The summed E-state index contributed by atoms with van der Waals surface area (Å²) in [5.41, 5.74) is 2.05. The number of amides is 2. The highest BCUT2D eigenvalue weighted by molar-refractivity contribution is 5.91. The zero-order chi connectivity index (χ0) is 19.5. The van der Waals surface area contributed by atoms with E-state index in [4.69, 9.17) is 0 Å². The summed E-state index contributed by atoms with van der Waals surface area (Å²) in [5, 5.41) is 2.94. The molecule has 1 aromatic rings. The van der Waals surface area contributed by atoms with Gasteiger partial charge < -0.3 is 15.1 Å². The second kappa shape index (κ2) is 11.6. The molecule has 1 fully saturated rings. The lowest BCUT2D eigenvalue weighted by molar-refractivity contribution is -0.131. The molecule has 5 nitrogen and oxygen atoms in total. The number of benzene rings is 1. The molecule has 0 radical (unpaired) electrons. The number of hydrogen-bond donors (Lipinski definition) is 1. The largest absolute Gasteiger partial charge is 0.372 e. The molecule has 5 heteroatoms. The van der Waals surface area contributed by atoms with Gasteiger partial charge in [-0.3, -0.25) is 9.59 Å². The fourth-order valence-electron chi connectivity index (χ4n) is 3.59. The van der Waals surface area contributed by atoms with Crippen LogP contribution in [-0.2, 0) is 9.59 Å². The third kappa shape index (κ3) is 7.24. The molecule has 1 aromatic carbocycles. The smallest absolute Gasteiger partial charge is 0.224 e. The van der Waals surface area contributed by atoms with Crippen LogP contribution in [-0.4, -0.2) is 42.9 Å². The zero-order valence-electron chi connectivity index (χ0n) is 17.0. The SMILES string of the molecule is CCCN(CCC)C(=O)CCCC(=O)Nc1ccc(N2CCCCC2)cc1. The minimum absolute atomic E-state index is 0.0222. The molecule has 0 atom stereocenters. The van der Waals surface area contributed by atoms with Crippen LogP contribution < -0.4 is 10.2 Å². The molecule has 0 aliphatic carbocycles. The Kier molecular flexibility index (Phi) is 9.16. The van der Waals surface area contributed by atoms with Crippen molar-refractivity contribution in [1.82, 2.24) is 4.90 Å². The molecule has 2 amide bonds. The van der Waals surface area contributed by atoms with Crippen LogP contribution in [0.2, 0.25) is 0 Å². The van der Waals surface area contributed by atoms with Crippen LogP contribution >= 0.6 is 0 Å². The van der Waals surface area contributed by atoms with Crippen molar-refractivity contribution in [2.45, 2.75) is 65.2 Å². The molecule has 1 aliphatic heterocycles. The summed E-state index contributed by atoms with van der Waals surface area (Å²) in [6.45, 7) is 8.02. The van der Waals surface area contributed by atoms with Gasteiger partial charge in [-0.25, -0.2) is 0 Å². The fraction of sp³-hybridized carbons (Fsp3) is 0.636. The normalized spacial score (nSPS) is 14.1. The molecule has 1 heterocycles. The molecule has 2 rings (SSSR count). The average Bonchev–Trinajstić information content (AvgIpc) is 2.69. The van der Waals surface area contributed by atoms with Crippen LogP contribution in [0.5, 0.6) is 0 Å². The molecule has 0 aromatic heterocycles. The van der Waals surface area contributed by atoms with Gasteiger partial charge in [0.25, 0.3) is 0 Å². The minimum atomic E-state index is -0.0222. The van der Waals surface area contributed by atoms with Crippen molar-refractivity contribution in [3.63, 3.8) is 0 Å². The van der Waals surface area contributed by atoms with E-state index in [-0.39, 0.29) is 11.8 Å². The molecule has 0 saturated carbocycles. The Morgan fingerprint density at radius 1 is 0.963 bits per heavy atom. The van der Waals surface area contributed by atoms with Crippen LogP contribution in [0.1, 0.15) is 65.2 Å². The van der Waals surface area contributed by atoms with Gasteiger partial charge in [0, 0.05) is 50.4 Å². The Balaban J connectivity index is 1.72. The number of nitrogens with one attached hydrogen (secondary N) is 1. The Morgan fingerprint density at radius 3 is 2.19 bits per heavy atom. The van der Waals surface area contributed by atoms with Crippen molar-refractivity contribution in [3.05, 3.63) is 24.3 Å². The van der Waals surface area contributed by atoms with Crippen molar-refractivity contribution in [2.24, 2.45) is 0 Å². The Labute approximate surface area is 164 Å². The van der Waals surface area contributed by atoms with Crippen LogP contribution in [0.4, 0.5) is 11.4 Å². The fourth-order valence-corrected chi connectivity index (χ4v) is 3.59. The van der Waals surface area contributed by atoms with Gasteiger partial charge in [0.1, 0.15) is 0 Å². The highest BCUT2D eigenvalue weighted by atomic mass is 16.2. The molecule has 1 aliphatic rings. The number of rotatable bonds is 10. The molecule has 150 valence electrons. The first-order valence-electron chi connectivity index (χ1n) is 10.6. The summed E-state index contributed by atoms with van der Waals surface area (Å²) >= 11 is 0. The van der Waals surface area contributed by atoms with E-state index < -0.39 is 0 Å². The quantitative estimate of drug-likeness (QED) is 0.660. The van der Waals surface area contributed by atoms with Gasteiger partial charge in [0.15, 0.2) is 0 Å². The first-order valence-corrected chi connectivity index (χ1v) is 10.6. The Hall–Kier alpha value is -2.04. The molecule has 27 heavy (non-hydrogen) atoms. The molecule has 1 N–H and O–H groups in total. The van der Waals surface area contributed by atoms with E-state index in [2.05, 4.69) is 36.2 Å². The number of carbonyl (C=O) groups excluding carboxylic acids is 2. The average molecular weight is 374 g/mol. The predicted molar refractivity (Wildman–Crippen MR) is 112 cm³/mol. The predicted octanol–water partition coefficient (Wildman–Crippen LogP) is 4.43. The summed E-state index contributed by atoms with van der Waals surface area (Å²) in [6.07, 6.45) is 7.20. The maximum Gasteiger partial charge on any atom is 0.224 e. The van der Waals surface area contributed by atoms with Gasteiger partial charge in [-0.1, -0.05) is 13.8 Å². The second-order valence-electron chi connectivity index (χ2n) is 7.38. The van der Waals surface area contributed by atoms with Crippen LogP contribution in [0, 0.1) is 0 Å². The lowest BCUT2D eigenvalue weighted by Crippen LogP contribution is -2.32. The summed E-state index contributed by atoms with van der Waals surface area (Å²) in [4.78, 5) is 28.7. The summed E-state index contributed by atoms with van der Waals surface area (Å²) in [6, 6.07) is 8.10. The van der Waals surface area contributed by atoms with Gasteiger partial charge in [0.05, 0.1) is 0 Å². The number of piperidine rings is 1. The molecule has 0 bridgehead atoms. The van der Waals surface area contributed by atoms with Gasteiger partial charge in [0.2, 0.25) is 11.8 Å². The molecule has 0 unspecified atom stereocenters. The van der Waals surface area contributed by atoms with Gasteiger partial charge in [-0.2, -0.15) is 0 Å². The first kappa shape index (κ1) is 21.3.